The highest BCUT2D eigenvalue weighted by atomic mass is 127. The Labute approximate surface area is 119 Å². The summed E-state index contributed by atoms with van der Waals surface area (Å²) in [4.78, 5) is 12.1. The van der Waals surface area contributed by atoms with Crippen molar-refractivity contribution in [3.05, 3.63) is 27.6 Å². The lowest BCUT2D eigenvalue weighted by Gasteiger charge is -2.25. The molecule has 0 heterocycles. The quantitative estimate of drug-likeness (QED) is 0.795. The van der Waals surface area contributed by atoms with E-state index in [9.17, 15) is 9.18 Å². The summed E-state index contributed by atoms with van der Waals surface area (Å²) < 4.78 is 13.7. The lowest BCUT2D eigenvalue weighted by molar-refractivity contribution is -0.120. The molecule has 3 nitrogen and oxygen atoms in total. The van der Waals surface area contributed by atoms with E-state index in [4.69, 9.17) is 5.73 Å². The highest BCUT2D eigenvalue weighted by Crippen LogP contribution is 2.26. The van der Waals surface area contributed by atoms with Crippen LogP contribution in [0.2, 0.25) is 0 Å². The van der Waals surface area contributed by atoms with Crippen LogP contribution in [0.3, 0.4) is 0 Å². The van der Waals surface area contributed by atoms with E-state index in [0.717, 1.165) is 25.7 Å². The zero-order valence-corrected chi connectivity index (χ0v) is 12.1. The van der Waals surface area contributed by atoms with E-state index in [-0.39, 0.29) is 23.7 Å². The fourth-order valence-electron chi connectivity index (χ4n) is 2.21. The van der Waals surface area contributed by atoms with Gasteiger partial charge in [-0.15, -0.1) is 0 Å². The predicted molar refractivity (Wildman–Crippen MR) is 77.7 cm³/mol. The van der Waals surface area contributed by atoms with Crippen molar-refractivity contribution in [1.29, 1.82) is 0 Å². The third kappa shape index (κ3) is 3.41. The number of benzene rings is 1. The average molecular weight is 362 g/mol. The first-order chi connectivity index (χ1) is 8.56. The molecule has 18 heavy (non-hydrogen) atoms. The summed E-state index contributed by atoms with van der Waals surface area (Å²) in [5.41, 5.74) is 6.49. The SMILES string of the molecule is NC1CCC(C(=O)Nc2ccc(F)cc2I)CC1. The van der Waals surface area contributed by atoms with Gasteiger partial charge in [0.2, 0.25) is 5.91 Å². The van der Waals surface area contributed by atoms with Crippen LogP contribution < -0.4 is 11.1 Å². The van der Waals surface area contributed by atoms with Crippen LogP contribution in [0.4, 0.5) is 10.1 Å². The monoisotopic (exact) mass is 362 g/mol. The normalized spacial score (nSPS) is 23.7. The van der Waals surface area contributed by atoms with Crippen LogP contribution in [0, 0.1) is 15.3 Å². The van der Waals surface area contributed by atoms with Gasteiger partial charge in [-0.05, 0) is 66.5 Å². The Morgan fingerprint density at radius 1 is 1.33 bits per heavy atom. The summed E-state index contributed by atoms with van der Waals surface area (Å²) in [5, 5.41) is 2.87. The molecule has 3 N–H and O–H groups in total. The molecule has 0 unspecified atom stereocenters. The third-order valence-corrected chi connectivity index (χ3v) is 4.22. The number of hydrogen-bond donors (Lipinski definition) is 2. The van der Waals surface area contributed by atoms with E-state index in [2.05, 4.69) is 5.32 Å². The highest BCUT2D eigenvalue weighted by Gasteiger charge is 2.24. The van der Waals surface area contributed by atoms with Gasteiger partial charge in [-0.25, -0.2) is 4.39 Å². The number of hydrogen-bond acceptors (Lipinski definition) is 2. The highest BCUT2D eigenvalue weighted by molar-refractivity contribution is 14.1. The minimum atomic E-state index is -0.291. The van der Waals surface area contributed by atoms with Crippen LogP contribution in [0.5, 0.6) is 0 Å². The molecule has 0 bridgehead atoms. The third-order valence-electron chi connectivity index (χ3n) is 3.33. The van der Waals surface area contributed by atoms with Crippen LogP contribution in [0.25, 0.3) is 0 Å². The number of carbonyl (C=O) groups excluding carboxylic acids is 1. The maximum atomic E-state index is 13.0. The Balaban J connectivity index is 1.98. The lowest BCUT2D eigenvalue weighted by atomic mass is 9.86. The maximum Gasteiger partial charge on any atom is 0.227 e. The van der Waals surface area contributed by atoms with Crippen molar-refractivity contribution in [2.45, 2.75) is 31.7 Å². The Kier molecular flexibility index (Phi) is 4.55. The molecule has 0 spiro atoms. The van der Waals surface area contributed by atoms with Crippen molar-refractivity contribution in [2.24, 2.45) is 11.7 Å². The molecule has 0 saturated heterocycles. The fraction of sp³-hybridized carbons (Fsp3) is 0.462. The molecule has 1 aromatic carbocycles. The first-order valence-electron chi connectivity index (χ1n) is 6.08. The minimum Gasteiger partial charge on any atom is -0.328 e. The maximum absolute atomic E-state index is 13.0. The van der Waals surface area contributed by atoms with Crippen LogP contribution in [-0.4, -0.2) is 11.9 Å². The zero-order valence-electron chi connectivity index (χ0n) is 9.96. The van der Waals surface area contributed by atoms with Gasteiger partial charge in [-0.3, -0.25) is 4.79 Å². The van der Waals surface area contributed by atoms with Gasteiger partial charge >= 0.3 is 0 Å². The molecule has 2 rings (SSSR count). The van der Waals surface area contributed by atoms with Gasteiger partial charge in [0.1, 0.15) is 5.82 Å². The van der Waals surface area contributed by atoms with Gasteiger partial charge in [-0.1, -0.05) is 0 Å². The Morgan fingerprint density at radius 2 is 2.00 bits per heavy atom. The molecule has 5 heteroatoms. The van der Waals surface area contributed by atoms with Gasteiger partial charge in [-0.2, -0.15) is 0 Å². The van der Waals surface area contributed by atoms with Crippen molar-refractivity contribution in [3.63, 3.8) is 0 Å². The molecule has 1 aliphatic rings. The van der Waals surface area contributed by atoms with Crippen LogP contribution >= 0.6 is 22.6 Å². The topological polar surface area (TPSA) is 55.1 Å². The van der Waals surface area contributed by atoms with E-state index >= 15 is 0 Å². The van der Waals surface area contributed by atoms with E-state index in [1.807, 2.05) is 22.6 Å². The zero-order chi connectivity index (χ0) is 13.1. The van der Waals surface area contributed by atoms with Gasteiger partial charge < -0.3 is 11.1 Å². The number of amides is 1. The van der Waals surface area contributed by atoms with Crippen LogP contribution in [0.1, 0.15) is 25.7 Å². The second-order valence-corrected chi connectivity index (χ2v) is 5.89. The lowest BCUT2D eigenvalue weighted by Crippen LogP contribution is -2.32. The first-order valence-corrected chi connectivity index (χ1v) is 7.15. The molecule has 1 amide bonds. The largest absolute Gasteiger partial charge is 0.328 e. The summed E-state index contributed by atoms with van der Waals surface area (Å²) in [5.74, 6) is -0.238. The van der Waals surface area contributed by atoms with Gasteiger partial charge in [0.15, 0.2) is 0 Å². The summed E-state index contributed by atoms with van der Waals surface area (Å²) in [6, 6.07) is 4.60. The molecular weight excluding hydrogens is 346 g/mol. The number of rotatable bonds is 2. The van der Waals surface area contributed by atoms with Gasteiger partial charge in [0.05, 0.1) is 5.69 Å². The second-order valence-electron chi connectivity index (χ2n) is 4.73. The van der Waals surface area contributed by atoms with E-state index in [0.29, 0.717) is 9.26 Å². The number of nitrogens with one attached hydrogen (secondary N) is 1. The smallest absolute Gasteiger partial charge is 0.227 e. The fourth-order valence-corrected chi connectivity index (χ4v) is 2.82. The van der Waals surface area contributed by atoms with Crippen molar-refractivity contribution >= 4 is 34.2 Å². The first kappa shape index (κ1) is 13.7. The molecule has 0 aliphatic heterocycles. The molecule has 1 aromatic rings. The predicted octanol–water partition coefficient (Wildman–Crippen LogP) is 2.89. The molecule has 0 atom stereocenters. The molecule has 1 saturated carbocycles. The summed E-state index contributed by atoms with van der Waals surface area (Å²) in [7, 11) is 0. The van der Waals surface area contributed by atoms with E-state index < -0.39 is 0 Å². The number of anilines is 1. The standard InChI is InChI=1S/C13H16FIN2O/c14-9-3-6-12(11(15)7-9)17-13(18)8-1-4-10(16)5-2-8/h3,6-8,10H,1-2,4-5,16H2,(H,17,18). The second kappa shape index (κ2) is 5.97. The summed E-state index contributed by atoms with van der Waals surface area (Å²) in [6.07, 6.45) is 3.48. The number of carbonyl (C=O) groups is 1. The Hall–Kier alpha value is -0.690. The van der Waals surface area contributed by atoms with Crippen molar-refractivity contribution < 1.29 is 9.18 Å². The molecule has 1 fully saturated rings. The number of halogens is 2. The molecule has 98 valence electrons. The van der Waals surface area contributed by atoms with Crippen molar-refractivity contribution in [3.8, 4) is 0 Å². The Bertz CT molecular complexity index is 445. The molecule has 0 aromatic heterocycles. The van der Waals surface area contributed by atoms with Crippen molar-refractivity contribution in [1.82, 2.24) is 0 Å². The van der Waals surface area contributed by atoms with Gasteiger partial charge in [0.25, 0.3) is 0 Å². The van der Waals surface area contributed by atoms with E-state index in [1.165, 1.54) is 12.1 Å². The Morgan fingerprint density at radius 3 is 2.61 bits per heavy atom. The van der Waals surface area contributed by atoms with Crippen molar-refractivity contribution in [2.75, 3.05) is 5.32 Å². The molecule has 1 aliphatic carbocycles. The summed E-state index contributed by atoms with van der Waals surface area (Å²) >= 11 is 2.02. The van der Waals surface area contributed by atoms with Crippen LogP contribution in [-0.2, 0) is 4.79 Å². The average Bonchev–Trinajstić information content (AvgIpc) is 2.33. The number of nitrogens with two attached hydrogens (primary N) is 1. The van der Waals surface area contributed by atoms with E-state index in [1.54, 1.807) is 6.07 Å². The molecule has 0 radical (unpaired) electrons. The van der Waals surface area contributed by atoms with Gasteiger partial charge in [0, 0.05) is 15.5 Å². The summed E-state index contributed by atoms with van der Waals surface area (Å²) in [6.45, 7) is 0. The molecular formula is C13H16FIN2O. The minimum absolute atomic E-state index is 0.0198. The van der Waals surface area contributed by atoms with Crippen LogP contribution in [0.15, 0.2) is 18.2 Å².